The zero-order valence-electron chi connectivity index (χ0n) is 15.5. The highest BCUT2D eigenvalue weighted by Crippen LogP contribution is 2.45. The van der Waals surface area contributed by atoms with Crippen molar-refractivity contribution in [3.63, 3.8) is 0 Å². The number of esters is 1. The molecule has 2 amide bonds. The summed E-state index contributed by atoms with van der Waals surface area (Å²) >= 11 is 0. The molecular formula is C20H18N2O5. The van der Waals surface area contributed by atoms with Crippen LogP contribution >= 0.6 is 0 Å². The van der Waals surface area contributed by atoms with E-state index in [0.29, 0.717) is 11.4 Å². The first kappa shape index (κ1) is 17.2. The molecule has 2 aliphatic rings. The number of para-hydroxylation sites is 1. The number of carbonyl (C=O) groups excluding carboxylic acids is 3. The second kappa shape index (κ2) is 5.39. The number of hydrogen-bond donors (Lipinski definition) is 0. The number of rotatable bonds is 2. The summed E-state index contributed by atoms with van der Waals surface area (Å²) < 4.78 is 6.40. The van der Waals surface area contributed by atoms with Gasteiger partial charge in [-0.2, -0.15) is 0 Å². The summed E-state index contributed by atoms with van der Waals surface area (Å²) in [5, 5.41) is 0. The van der Waals surface area contributed by atoms with Crippen molar-refractivity contribution in [3.8, 4) is 5.69 Å². The summed E-state index contributed by atoms with van der Waals surface area (Å²) in [7, 11) is 1.34. The zero-order valence-corrected chi connectivity index (χ0v) is 15.5. The number of amides is 2. The van der Waals surface area contributed by atoms with Crippen LogP contribution in [0.25, 0.3) is 5.69 Å². The minimum absolute atomic E-state index is 0.0505. The lowest BCUT2D eigenvalue weighted by atomic mass is 9.80. The molecule has 4 rings (SSSR count). The molecule has 0 bridgehead atoms. The fourth-order valence-electron chi connectivity index (χ4n) is 4.06. The highest BCUT2D eigenvalue weighted by Gasteiger charge is 2.49. The number of imide groups is 1. The van der Waals surface area contributed by atoms with Crippen LogP contribution in [0, 0.1) is 0 Å². The third-order valence-electron chi connectivity index (χ3n) is 5.30. The van der Waals surface area contributed by atoms with E-state index in [1.807, 2.05) is 26.0 Å². The normalized spacial score (nSPS) is 16.2. The lowest BCUT2D eigenvalue weighted by Gasteiger charge is -2.22. The van der Waals surface area contributed by atoms with Gasteiger partial charge < -0.3 is 4.74 Å². The Morgan fingerprint density at radius 3 is 2.37 bits per heavy atom. The molecule has 0 N–H and O–H groups in total. The second-order valence-electron chi connectivity index (χ2n) is 7.15. The molecular weight excluding hydrogens is 348 g/mol. The Kier molecular flexibility index (Phi) is 3.43. The van der Waals surface area contributed by atoms with Crippen molar-refractivity contribution in [2.75, 3.05) is 13.7 Å². The Morgan fingerprint density at radius 1 is 1.07 bits per heavy atom. The summed E-state index contributed by atoms with van der Waals surface area (Å²) in [6.45, 7) is 5.45. The van der Waals surface area contributed by atoms with E-state index in [0.717, 1.165) is 10.5 Å². The van der Waals surface area contributed by atoms with Crippen molar-refractivity contribution >= 4 is 17.8 Å². The first-order chi connectivity index (χ1) is 12.7. The average Bonchev–Trinajstić information content (AvgIpc) is 3.00. The third-order valence-corrected chi connectivity index (χ3v) is 5.30. The van der Waals surface area contributed by atoms with Crippen molar-refractivity contribution in [1.29, 1.82) is 0 Å². The van der Waals surface area contributed by atoms with Gasteiger partial charge in [-0.05, 0) is 18.6 Å². The maximum atomic E-state index is 13.3. The fraction of sp³-hybridized carbons (Fsp3) is 0.300. The number of pyridine rings is 1. The highest BCUT2D eigenvalue weighted by molar-refractivity contribution is 6.25. The molecule has 0 fully saturated rings. The van der Waals surface area contributed by atoms with E-state index in [4.69, 9.17) is 4.74 Å². The molecule has 1 aromatic heterocycles. The molecule has 3 heterocycles. The Balaban J connectivity index is 2.22. The zero-order chi connectivity index (χ0) is 19.7. The van der Waals surface area contributed by atoms with E-state index in [1.54, 1.807) is 19.1 Å². The van der Waals surface area contributed by atoms with E-state index >= 15 is 0 Å². The third kappa shape index (κ3) is 1.96. The number of carbonyl (C=O) groups is 3. The van der Waals surface area contributed by atoms with Gasteiger partial charge in [-0.15, -0.1) is 0 Å². The van der Waals surface area contributed by atoms with Crippen LogP contribution in [-0.2, 0) is 10.2 Å². The van der Waals surface area contributed by atoms with E-state index in [-0.39, 0.29) is 23.3 Å². The lowest BCUT2D eigenvalue weighted by Crippen LogP contribution is -2.33. The monoisotopic (exact) mass is 366 g/mol. The first-order valence-electron chi connectivity index (χ1n) is 8.66. The van der Waals surface area contributed by atoms with Gasteiger partial charge in [-0.25, -0.2) is 4.79 Å². The van der Waals surface area contributed by atoms with Crippen LogP contribution in [0.15, 0.2) is 29.1 Å². The second-order valence-corrected chi connectivity index (χ2v) is 7.15. The van der Waals surface area contributed by atoms with Crippen molar-refractivity contribution in [2.24, 2.45) is 0 Å². The number of aromatic nitrogens is 1. The van der Waals surface area contributed by atoms with Crippen LogP contribution in [0.3, 0.4) is 0 Å². The molecule has 0 spiro atoms. The van der Waals surface area contributed by atoms with Gasteiger partial charge in [0.05, 0.1) is 29.1 Å². The standard InChI is InChI=1S/C20H18N2O5/c1-5-27-19(26)14-12-13(17(24)21(4)16(12)23)15-20(2,3)10-8-6-7-9-11(10)22(15)18(14)25/h6-9H,5H2,1-4H3. The molecule has 0 unspecified atom stereocenters. The van der Waals surface area contributed by atoms with E-state index in [2.05, 4.69) is 0 Å². The predicted octanol–water partition coefficient (Wildman–Crippen LogP) is 1.88. The first-order valence-corrected chi connectivity index (χ1v) is 8.66. The number of fused-ring (bicyclic) bond motifs is 5. The van der Waals surface area contributed by atoms with Gasteiger partial charge >= 0.3 is 5.97 Å². The Morgan fingerprint density at radius 2 is 1.70 bits per heavy atom. The number of ether oxygens (including phenoxy) is 1. The molecule has 0 saturated heterocycles. The molecule has 0 saturated carbocycles. The molecule has 7 nitrogen and oxygen atoms in total. The number of nitrogens with zero attached hydrogens (tertiary/aromatic N) is 2. The Bertz CT molecular complexity index is 1110. The summed E-state index contributed by atoms with van der Waals surface area (Å²) in [4.78, 5) is 52.4. The van der Waals surface area contributed by atoms with Crippen molar-refractivity contribution in [3.05, 3.63) is 62.6 Å². The van der Waals surface area contributed by atoms with Crippen LogP contribution in [-0.4, -0.2) is 40.9 Å². The molecule has 27 heavy (non-hydrogen) atoms. The molecule has 2 aromatic rings. The summed E-state index contributed by atoms with van der Waals surface area (Å²) in [5.74, 6) is -2.08. The van der Waals surface area contributed by atoms with Gasteiger partial charge in [0.15, 0.2) is 0 Å². The summed E-state index contributed by atoms with van der Waals surface area (Å²) in [6, 6.07) is 7.28. The molecule has 7 heteroatoms. The lowest BCUT2D eigenvalue weighted by molar-refractivity contribution is 0.0517. The number of benzene rings is 1. The van der Waals surface area contributed by atoms with E-state index < -0.39 is 28.8 Å². The average molecular weight is 366 g/mol. The van der Waals surface area contributed by atoms with E-state index in [9.17, 15) is 19.2 Å². The quantitative estimate of drug-likeness (QED) is 0.598. The van der Waals surface area contributed by atoms with Gasteiger partial charge in [0.2, 0.25) is 0 Å². The maximum Gasteiger partial charge on any atom is 0.344 e. The Hall–Kier alpha value is -3.22. The van der Waals surface area contributed by atoms with Crippen LogP contribution in [0.1, 0.15) is 63.1 Å². The molecule has 2 aliphatic heterocycles. The fourth-order valence-corrected chi connectivity index (χ4v) is 4.06. The molecule has 0 radical (unpaired) electrons. The van der Waals surface area contributed by atoms with Gasteiger partial charge in [0.25, 0.3) is 17.4 Å². The molecule has 0 atom stereocenters. The topological polar surface area (TPSA) is 85.7 Å². The van der Waals surface area contributed by atoms with E-state index in [1.165, 1.54) is 11.6 Å². The van der Waals surface area contributed by atoms with Gasteiger partial charge in [0.1, 0.15) is 5.56 Å². The van der Waals surface area contributed by atoms with Crippen molar-refractivity contribution in [1.82, 2.24) is 9.47 Å². The van der Waals surface area contributed by atoms with Crippen LogP contribution in [0.4, 0.5) is 0 Å². The van der Waals surface area contributed by atoms with Gasteiger partial charge in [-0.1, -0.05) is 32.0 Å². The van der Waals surface area contributed by atoms with Crippen molar-refractivity contribution < 1.29 is 19.1 Å². The molecule has 138 valence electrons. The summed E-state index contributed by atoms with van der Waals surface area (Å²) in [5.41, 5.74) is 0.117. The maximum absolute atomic E-state index is 13.3. The van der Waals surface area contributed by atoms with Crippen LogP contribution < -0.4 is 5.56 Å². The van der Waals surface area contributed by atoms with Crippen LogP contribution in [0.5, 0.6) is 0 Å². The molecule has 0 aliphatic carbocycles. The number of hydrogen-bond acceptors (Lipinski definition) is 5. The predicted molar refractivity (Wildman–Crippen MR) is 96.5 cm³/mol. The summed E-state index contributed by atoms with van der Waals surface area (Å²) in [6.07, 6.45) is 0. The SMILES string of the molecule is CCOC(=O)c1c2c(c3n(c1=O)-c1ccccc1C3(C)C)C(=O)N(C)C2=O. The smallest absolute Gasteiger partial charge is 0.344 e. The Labute approximate surface area is 155 Å². The van der Waals surface area contributed by atoms with Crippen LogP contribution in [0.2, 0.25) is 0 Å². The minimum Gasteiger partial charge on any atom is -0.462 e. The highest BCUT2D eigenvalue weighted by atomic mass is 16.5. The largest absolute Gasteiger partial charge is 0.462 e. The minimum atomic E-state index is -0.896. The van der Waals surface area contributed by atoms with Gasteiger partial charge in [0, 0.05) is 12.5 Å². The molecule has 1 aromatic carbocycles. The van der Waals surface area contributed by atoms with Gasteiger partial charge in [-0.3, -0.25) is 23.9 Å². The van der Waals surface area contributed by atoms with Crippen molar-refractivity contribution in [2.45, 2.75) is 26.2 Å².